The van der Waals surface area contributed by atoms with Crippen molar-refractivity contribution in [2.75, 3.05) is 80.4 Å². The highest BCUT2D eigenvalue weighted by molar-refractivity contribution is 6.87. The first-order valence-corrected chi connectivity index (χ1v) is 25.2. The zero-order valence-electron chi connectivity index (χ0n) is 27.5. The maximum atomic E-state index is 10.6. The third-order valence-electron chi connectivity index (χ3n) is 7.81. The fraction of sp³-hybridized carbons (Fsp3) is 1.00. The van der Waals surface area contributed by atoms with Crippen molar-refractivity contribution in [3.8, 4) is 0 Å². The maximum absolute atomic E-state index is 10.6. The van der Waals surface area contributed by atoms with Crippen LogP contribution in [-0.4, -0.2) is 145 Å². The lowest BCUT2D eigenvalue weighted by Crippen LogP contribution is -2.64. The van der Waals surface area contributed by atoms with Crippen molar-refractivity contribution in [3.05, 3.63) is 0 Å². The van der Waals surface area contributed by atoms with Gasteiger partial charge in [-0.15, -0.1) is 0 Å². The summed E-state index contributed by atoms with van der Waals surface area (Å²) in [4.78, 5) is 0. The van der Waals surface area contributed by atoms with Crippen molar-refractivity contribution in [1.29, 1.82) is 0 Å². The van der Waals surface area contributed by atoms with Crippen LogP contribution in [0.2, 0.25) is 37.3 Å². The molecule has 4 fully saturated rings. The van der Waals surface area contributed by atoms with Gasteiger partial charge in [-0.1, -0.05) is 0 Å². The summed E-state index contributed by atoms with van der Waals surface area (Å²) < 4.78 is 82.9. The van der Waals surface area contributed by atoms with Gasteiger partial charge >= 0.3 is 34.5 Å². The molecule has 0 saturated carbocycles. The third kappa shape index (κ3) is 14.3. The molecule has 4 rings (SSSR count). The molecule has 0 radical (unpaired) electrons. The molecule has 0 aromatic carbocycles. The number of aliphatic hydroxyl groups is 1. The minimum atomic E-state index is -3.46. The average Bonchev–Trinajstić information content (AvgIpc) is 3.85. The van der Waals surface area contributed by atoms with Gasteiger partial charge in [0.25, 0.3) is 0 Å². The largest absolute Gasteiger partial charge is 0.482 e. The quantitative estimate of drug-likeness (QED) is 0.0652. The number of epoxide rings is 4. The molecule has 0 aromatic rings. The highest BCUT2D eigenvalue weighted by Gasteiger charge is 2.55. The van der Waals surface area contributed by atoms with Crippen LogP contribution in [0.5, 0.6) is 0 Å². The SMILES string of the molecule is CO[Si](C)(CCCOC1CO1)O[Si](CCCOC1CO1)(OC)O[Si](C)(CCCOC1CO1)O[Si](CO)(CCCOC1CO1)OC. The Labute approximate surface area is 271 Å². The summed E-state index contributed by atoms with van der Waals surface area (Å²) in [5, 5.41) is 10.6. The Hall–Kier alpha value is 0.268. The molecule has 4 saturated heterocycles. The van der Waals surface area contributed by atoms with Gasteiger partial charge in [-0.2, -0.15) is 0 Å². The highest BCUT2D eigenvalue weighted by atomic mass is 28.5. The van der Waals surface area contributed by atoms with E-state index in [0.717, 1.165) is 6.42 Å². The van der Waals surface area contributed by atoms with Crippen LogP contribution < -0.4 is 0 Å². The van der Waals surface area contributed by atoms with Crippen LogP contribution in [0.3, 0.4) is 0 Å². The normalized spacial score (nSPS) is 28.9. The van der Waals surface area contributed by atoms with E-state index in [1.54, 1.807) is 21.3 Å². The van der Waals surface area contributed by atoms with Gasteiger partial charge in [-0.05, 0) is 56.9 Å². The molecule has 8 unspecified atom stereocenters. The van der Waals surface area contributed by atoms with Gasteiger partial charge in [0.1, 0.15) is 26.4 Å². The van der Waals surface area contributed by atoms with Crippen LogP contribution in [0.15, 0.2) is 0 Å². The van der Waals surface area contributed by atoms with E-state index >= 15 is 0 Å². The summed E-state index contributed by atoms with van der Waals surface area (Å²) in [7, 11) is -7.66. The molecule has 4 aliphatic rings. The lowest BCUT2D eigenvalue weighted by Gasteiger charge is -2.44. The lowest BCUT2D eigenvalue weighted by molar-refractivity contribution is 0.0467. The summed E-state index contributed by atoms with van der Waals surface area (Å²) in [5.41, 5.74) is 0. The van der Waals surface area contributed by atoms with E-state index in [1.807, 2.05) is 13.1 Å². The van der Waals surface area contributed by atoms with Crippen LogP contribution in [0.25, 0.3) is 0 Å². The summed E-state index contributed by atoms with van der Waals surface area (Å²) in [6.07, 6.45) is 1.95. The summed E-state index contributed by atoms with van der Waals surface area (Å²) >= 11 is 0. The molecule has 0 spiro atoms. The van der Waals surface area contributed by atoms with Gasteiger partial charge in [0.15, 0.2) is 25.2 Å². The first-order chi connectivity index (χ1) is 21.7. The van der Waals surface area contributed by atoms with Crippen LogP contribution in [0.1, 0.15) is 25.7 Å². The molecule has 0 bridgehead atoms. The predicted molar refractivity (Wildman–Crippen MR) is 167 cm³/mol. The van der Waals surface area contributed by atoms with E-state index in [9.17, 15) is 5.11 Å². The van der Waals surface area contributed by atoms with E-state index in [2.05, 4.69) is 0 Å². The fourth-order valence-electron chi connectivity index (χ4n) is 4.87. The van der Waals surface area contributed by atoms with E-state index in [0.29, 0.717) is 96.3 Å². The zero-order chi connectivity index (χ0) is 32.2. The molecular weight excluding hydrogens is 665 g/mol. The topological polar surface area (TPSA) is 163 Å². The Morgan fingerprint density at radius 2 is 0.933 bits per heavy atom. The van der Waals surface area contributed by atoms with E-state index in [1.165, 1.54) is 0 Å². The van der Waals surface area contributed by atoms with Gasteiger partial charge in [0.05, 0.1) is 6.23 Å². The van der Waals surface area contributed by atoms with Crippen molar-refractivity contribution in [3.63, 3.8) is 0 Å². The Balaban J connectivity index is 1.48. The van der Waals surface area contributed by atoms with Crippen LogP contribution in [-0.2, 0) is 63.5 Å². The van der Waals surface area contributed by atoms with Crippen LogP contribution in [0, 0.1) is 0 Å². The predicted octanol–water partition coefficient (Wildman–Crippen LogP) is 2.08. The molecule has 0 aromatic heterocycles. The second kappa shape index (κ2) is 18.3. The molecule has 8 atom stereocenters. The molecule has 4 aliphatic heterocycles. The van der Waals surface area contributed by atoms with Crippen LogP contribution in [0.4, 0.5) is 0 Å². The zero-order valence-corrected chi connectivity index (χ0v) is 31.5. The Morgan fingerprint density at radius 3 is 1.31 bits per heavy atom. The molecule has 45 heavy (non-hydrogen) atoms. The molecule has 1 N–H and O–H groups in total. The molecule has 4 heterocycles. The van der Waals surface area contributed by atoms with E-state index in [4.69, 9.17) is 63.5 Å². The third-order valence-corrected chi connectivity index (χ3v) is 24.3. The van der Waals surface area contributed by atoms with Gasteiger partial charge in [0.2, 0.25) is 0 Å². The number of rotatable bonds is 30. The number of hydrogen-bond donors (Lipinski definition) is 1. The van der Waals surface area contributed by atoms with E-state index in [-0.39, 0.29) is 31.4 Å². The van der Waals surface area contributed by atoms with Crippen molar-refractivity contribution >= 4 is 34.5 Å². The molecule has 264 valence electrons. The van der Waals surface area contributed by atoms with Crippen LogP contribution >= 0.6 is 0 Å². The number of aliphatic hydroxyl groups excluding tert-OH is 1. The minimum Gasteiger partial charge on any atom is -0.414 e. The van der Waals surface area contributed by atoms with Gasteiger partial charge < -0.3 is 68.6 Å². The maximum Gasteiger partial charge on any atom is 0.482 e. The van der Waals surface area contributed by atoms with Crippen molar-refractivity contribution in [1.82, 2.24) is 0 Å². The van der Waals surface area contributed by atoms with E-state index < -0.39 is 34.5 Å². The van der Waals surface area contributed by atoms with Gasteiger partial charge in [0, 0.05) is 53.8 Å². The summed E-state index contributed by atoms with van der Waals surface area (Å²) in [5.74, 6) is 0. The summed E-state index contributed by atoms with van der Waals surface area (Å²) in [6, 6.07) is 2.26. The first-order valence-electron chi connectivity index (χ1n) is 16.0. The monoisotopic (exact) mass is 718 g/mol. The highest BCUT2D eigenvalue weighted by Crippen LogP contribution is 2.34. The first kappa shape index (κ1) is 38.1. The molecule has 0 amide bonds. The minimum absolute atomic E-state index is 0.0998. The second-order valence-corrected chi connectivity index (χ2v) is 25.6. The Kier molecular flexibility index (Phi) is 15.5. The van der Waals surface area contributed by atoms with Crippen molar-refractivity contribution < 1.29 is 68.6 Å². The standard InChI is InChI=1S/C26H54O15Si4/c1-28-42(4,14-6-10-31-23-18-35-23)40-45(30-3,17-9-13-34-26-21-38-26)41-43(5,15-7-11-32-24-19-36-24)39-44(22-27,29-2)16-8-12-33-25-20-37-25/h23-27H,6-22H2,1-5H3. The molecule has 19 heteroatoms. The smallest absolute Gasteiger partial charge is 0.414 e. The number of ether oxygens (including phenoxy) is 8. The van der Waals surface area contributed by atoms with Gasteiger partial charge in [-0.25, -0.2) is 0 Å². The molecule has 0 aliphatic carbocycles. The second-order valence-electron chi connectivity index (χ2n) is 11.9. The lowest BCUT2D eigenvalue weighted by atomic mass is 10.5. The molecular formula is C26H54O15Si4. The molecule has 15 nitrogen and oxygen atoms in total. The van der Waals surface area contributed by atoms with Gasteiger partial charge in [-0.3, -0.25) is 0 Å². The average molecular weight is 719 g/mol. The Morgan fingerprint density at radius 1 is 0.533 bits per heavy atom. The summed E-state index contributed by atoms with van der Waals surface area (Å²) in [6.45, 7) is 8.50. The van der Waals surface area contributed by atoms with Crippen molar-refractivity contribution in [2.45, 2.75) is 88.1 Å². The Bertz CT molecular complexity index is 849. The fourth-order valence-corrected chi connectivity index (χ4v) is 22.1. The van der Waals surface area contributed by atoms with Crippen molar-refractivity contribution in [2.24, 2.45) is 0 Å². The number of hydrogen-bond acceptors (Lipinski definition) is 15.